The molecule has 1 N–H and O–H groups in total. The highest BCUT2D eigenvalue weighted by molar-refractivity contribution is 7.10. The van der Waals surface area contributed by atoms with E-state index in [1.165, 1.54) is 11.3 Å². The Morgan fingerprint density at radius 1 is 1.07 bits per heavy atom. The van der Waals surface area contributed by atoms with E-state index in [1.54, 1.807) is 18.4 Å². The minimum absolute atomic E-state index is 0.0398. The van der Waals surface area contributed by atoms with Gasteiger partial charge in [-0.05, 0) is 60.7 Å². The van der Waals surface area contributed by atoms with Crippen molar-refractivity contribution in [3.8, 4) is 0 Å². The largest absolute Gasteiger partial charge is 0.383 e. The van der Waals surface area contributed by atoms with Crippen LogP contribution in [0, 0.1) is 6.92 Å². The maximum atomic E-state index is 13.8. The van der Waals surface area contributed by atoms with Crippen molar-refractivity contribution < 1.29 is 14.3 Å². The molecule has 2 unspecified atom stereocenters. The molecule has 1 fully saturated rings. The van der Waals surface area contributed by atoms with Crippen LogP contribution in [0.2, 0.25) is 5.02 Å². The molecule has 0 bridgehead atoms. The van der Waals surface area contributed by atoms with Crippen LogP contribution in [0.5, 0.6) is 0 Å². The van der Waals surface area contributed by atoms with Gasteiger partial charge in [0.25, 0.3) is 5.91 Å². The third-order valence-corrected chi connectivity index (χ3v) is 9.10. The number of halogens is 1. The summed E-state index contributed by atoms with van der Waals surface area (Å²) in [6, 6.07) is 17.2. The van der Waals surface area contributed by atoms with E-state index in [0.29, 0.717) is 25.3 Å². The second kappa shape index (κ2) is 13.2. The van der Waals surface area contributed by atoms with Gasteiger partial charge in [-0.3, -0.25) is 14.5 Å². The number of thiophene rings is 1. The Morgan fingerprint density at radius 2 is 1.88 bits per heavy atom. The molecule has 3 heterocycles. The lowest BCUT2D eigenvalue weighted by atomic mass is 9.81. The molecule has 0 saturated carbocycles. The number of piperazine rings is 1. The molecule has 2 aliphatic rings. The number of benzene rings is 2. The third kappa shape index (κ3) is 6.20. The zero-order chi connectivity index (χ0) is 28.1. The highest BCUT2D eigenvalue weighted by atomic mass is 35.5. The average molecular weight is 581 g/mol. The van der Waals surface area contributed by atoms with E-state index in [0.717, 1.165) is 54.6 Å². The molecule has 40 heavy (non-hydrogen) atoms. The van der Waals surface area contributed by atoms with Crippen LogP contribution in [-0.2, 0) is 9.53 Å². The molecular weight excluding hydrogens is 544 g/mol. The van der Waals surface area contributed by atoms with Crippen molar-refractivity contribution in [2.24, 2.45) is 0 Å². The van der Waals surface area contributed by atoms with Gasteiger partial charge in [-0.15, -0.1) is 11.3 Å². The smallest absolute Gasteiger partial charge is 0.254 e. The molecule has 3 aromatic rings. The van der Waals surface area contributed by atoms with Gasteiger partial charge in [-0.25, -0.2) is 0 Å². The van der Waals surface area contributed by atoms with Gasteiger partial charge in [0.15, 0.2) is 0 Å². The number of carbonyl (C=O) groups excluding carboxylic acids is 2. The Morgan fingerprint density at radius 3 is 2.62 bits per heavy atom. The van der Waals surface area contributed by atoms with Crippen molar-refractivity contribution in [1.82, 2.24) is 15.1 Å². The van der Waals surface area contributed by atoms with Gasteiger partial charge in [0.05, 0.1) is 18.6 Å². The summed E-state index contributed by atoms with van der Waals surface area (Å²) in [6.07, 6.45) is 0.867. The van der Waals surface area contributed by atoms with Crippen LogP contribution in [0.15, 0.2) is 60.0 Å². The number of ether oxygens (including phenoxy) is 1. The zero-order valence-corrected chi connectivity index (χ0v) is 24.7. The van der Waals surface area contributed by atoms with Crippen molar-refractivity contribution in [1.29, 1.82) is 0 Å². The molecule has 212 valence electrons. The minimum atomic E-state index is -0.478. The lowest BCUT2D eigenvalue weighted by Crippen LogP contribution is -2.49. The molecule has 0 spiro atoms. The molecule has 0 aliphatic carbocycles. The fourth-order valence-electron chi connectivity index (χ4n) is 5.85. The monoisotopic (exact) mass is 580 g/mol. The molecule has 5 rings (SSSR count). The molecule has 2 aromatic carbocycles. The maximum Gasteiger partial charge on any atom is 0.254 e. The first-order valence-electron chi connectivity index (χ1n) is 13.9. The number of nitrogens with zero attached hydrogens (tertiary/aromatic N) is 3. The van der Waals surface area contributed by atoms with Crippen LogP contribution in [0.25, 0.3) is 0 Å². The van der Waals surface area contributed by atoms with Crippen molar-refractivity contribution in [3.63, 3.8) is 0 Å². The van der Waals surface area contributed by atoms with Gasteiger partial charge in [0.1, 0.15) is 0 Å². The van der Waals surface area contributed by atoms with E-state index >= 15 is 0 Å². The molecule has 9 heteroatoms. The van der Waals surface area contributed by atoms with Crippen LogP contribution < -0.4 is 10.2 Å². The summed E-state index contributed by atoms with van der Waals surface area (Å²) >= 11 is 7.82. The van der Waals surface area contributed by atoms with Gasteiger partial charge in [0.2, 0.25) is 5.91 Å². The number of amides is 2. The number of anilines is 1. The number of hydrogen-bond acceptors (Lipinski definition) is 6. The Kier molecular flexibility index (Phi) is 9.42. The second-order valence-corrected chi connectivity index (χ2v) is 11.8. The Balaban J connectivity index is 1.21. The predicted molar refractivity (Wildman–Crippen MR) is 162 cm³/mol. The summed E-state index contributed by atoms with van der Waals surface area (Å²) in [5.74, 6) is -0.571. The molecule has 2 amide bonds. The minimum Gasteiger partial charge on any atom is -0.383 e. The number of aryl methyl sites for hydroxylation is 1. The van der Waals surface area contributed by atoms with Crippen molar-refractivity contribution >= 4 is 40.4 Å². The van der Waals surface area contributed by atoms with E-state index in [-0.39, 0.29) is 17.9 Å². The Labute approximate surface area is 245 Å². The maximum absolute atomic E-state index is 13.8. The summed E-state index contributed by atoms with van der Waals surface area (Å²) in [5.41, 5.74) is 3.85. The van der Waals surface area contributed by atoms with E-state index in [4.69, 9.17) is 16.3 Å². The first-order chi connectivity index (χ1) is 19.5. The molecule has 2 aliphatic heterocycles. The van der Waals surface area contributed by atoms with Crippen molar-refractivity contribution in [3.05, 3.63) is 86.6 Å². The van der Waals surface area contributed by atoms with E-state index < -0.39 is 5.92 Å². The number of hydrogen-bond donors (Lipinski definition) is 1. The normalized spacial score (nSPS) is 19.5. The first kappa shape index (κ1) is 28.6. The fraction of sp³-hybridized carbons (Fsp3) is 0.419. The van der Waals surface area contributed by atoms with Crippen LogP contribution in [-0.4, -0.2) is 81.1 Å². The third-order valence-electron chi connectivity index (χ3n) is 7.93. The van der Waals surface area contributed by atoms with Crippen molar-refractivity contribution in [2.75, 3.05) is 64.4 Å². The molecule has 0 radical (unpaired) electrons. The van der Waals surface area contributed by atoms with E-state index in [1.807, 2.05) is 52.7 Å². The summed E-state index contributed by atoms with van der Waals surface area (Å²) < 4.78 is 5.32. The lowest BCUT2D eigenvalue weighted by molar-refractivity contribution is -0.124. The van der Waals surface area contributed by atoms with Gasteiger partial charge in [0, 0.05) is 67.5 Å². The van der Waals surface area contributed by atoms with Gasteiger partial charge in [-0.2, -0.15) is 0 Å². The number of fused-ring (bicyclic) bond motifs is 1. The predicted octanol–water partition coefficient (Wildman–Crippen LogP) is 4.97. The molecule has 2 atom stereocenters. The zero-order valence-electron chi connectivity index (χ0n) is 23.1. The topological polar surface area (TPSA) is 65.1 Å². The molecular formula is C31H37ClN4O3S. The Hall–Kier alpha value is -2.91. The number of rotatable bonds is 10. The summed E-state index contributed by atoms with van der Waals surface area (Å²) in [4.78, 5) is 35.0. The first-order valence-corrected chi connectivity index (χ1v) is 15.2. The molecule has 7 nitrogen and oxygen atoms in total. The van der Waals surface area contributed by atoms with Crippen LogP contribution in [0.3, 0.4) is 0 Å². The van der Waals surface area contributed by atoms with Crippen LogP contribution in [0.1, 0.15) is 44.7 Å². The number of methoxy groups -OCH3 is 1. The average Bonchev–Trinajstić information content (AvgIpc) is 3.51. The van der Waals surface area contributed by atoms with Crippen LogP contribution >= 0.6 is 22.9 Å². The van der Waals surface area contributed by atoms with Crippen molar-refractivity contribution in [2.45, 2.75) is 25.3 Å². The summed E-state index contributed by atoms with van der Waals surface area (Å²) in [7, 11) is 1.63. The number of nitrogens with one attached hydrogen (secondary N) is 1. The summed E-state index contributed by atoms with van der Waals surface area (Å²) in [5, 5.41) is 5.98. The Bertz CT molecular complexity index is 1310. The van der Waals surface area contributed by atoms with Gasteiger partial charge in [-0.1, -0.05) is 41.9 Å². The quantitative estimate of drug-likeness (QED) is 0.343. The molecule has 1 aromatic heterocycles. The molecule has 1 saturated heterocycles. The van der Waals surface area contributed by atoms with Gasteiger partial charge < -0.3 is 19.9 Å². The van der Waals surface area contributed by atoms with E-state index in [9.17, 15) is 9.59 Å². The standard InChI is InChI=1S/C31H37ClN4O3S/c1-22-10-11-23(32)21-26(22)35-16-14-34(15-17-35)13-6-12-33-30(37)28-24-7-3-4-8-25(24)31(38)36(18-19-39-2)29(28)27-9-5-20-40-27/h3-5,7-11,20-21,28-29H,6,12-19H2,1-2H3,(H,33,37). The van der Waals surface area contributed by atoms with E-state index in [2.05, 4.69) is 34.2 Å². The highest BCUT2D eigenvalue weighted by Crippen LogP contribution is 2.44. The summed E-state index contributed by atoms with van der Waals surface area (Å²) in [6.45, 7) is 8.36. The number of carbonyl (C=O) groups is 2. The van der Waals surface area contributed by atoms with Gasteiger partial charge >= 0.3 is 0 Å². The van der Waals surface area contributed by atoms with Crippen LogP contribution in [0.4, 0.5) is 5.69 Å². The second-order valence-electron chi connectivity index (χ2n) is 10.4. The lowest BCUT2D eigenvalue weighted by Gasteiger charge is -2.41. The SMILES string of the molecule is COCCN1C(=O)c2ccccc2C(C(=O)NCCCN2CCN(c3cc(Cl)ccc3C)CC2)C1c1cccs1. The fourth-order valence-corrected chi connectivity index (χ4v) is 6.89. The highest BCUT2D eigenvalue weighted by Gasteiger charge is 2.44.